The van der Waals surface area contributed by atoms with Crippen molar-refractivity contribution in [3.63, 3.8) is 0 Å². The average molecular weight is 386 g/mol. The van der Waals surface area contributed by atoms with Gasteiger partial charge in [0.1, 0.15) is 10.7 Å². The minimum absolute atomic E-state index is 0.0836. The van der Waals surface area contributed by atoms with E-state index in [-0.39, 0.29) is 17.7 Å². The third kappa shape index (κ3) is 4.14. The second-order valence-corrected chi connectivity index (χ2v) is 6.65. The smallest absolute Gasteiger partial charge is 0.433 e. The number of aromatic nitrogens is 1. The van der Waals surface area contributed by atoms with Gasteiger partial charge in [0.05, 0.1) is 25.1 Å². The number of nitrogens with zero attached hydrogens (tertiary/aromatic N) is 4. The Hall–Kier alpha value is -3.20. The van der Waals surface area contributed by atoms with Crippen molar-refractivity contribution in [1.82, 2.24) is 4.68 Å². The Morgan fingerprint density at radius 1 is 1.30 bits per heavy atom. The molecule has 3 aromatic rings. The van der Waals surface area contributed by atoms with Crippen LogP contribution in [0, 0.1) is 10.1 Å². The second-order valence-electron chi connectivity index (χ2n) is 5.82. The van der Waals surface area contributed by atoms with Crippen LogP contribution < -0.4 is 9.54 Å². The summed E-state index contributed by atoms with van der Waals surface area (Å²) in [5, 5.41) is 17.2. The van der Waals surface area contributed by atoms with Crippen LogP contribution in [-0.2, 0) is 0 Å². The van der Waals surface area contributed by atoms with E-state index in [1.807, 2.05) is 43.5 Å². The van der Waals surface area contributed by atoms with Crippen molar-refractivity contribution in [2.24, 2.45) is 10.1 Å². The van der Waals surface area contributed by atoms with E-state index in [1.165, 1.54) is 29.7 Å². The third-order valence-corrected chi connectivity index (χ3v) is 4.36. The maximum absolute atomic E-state index is 10.8. The normalized spacial score (nSPS) is 12.2. The van der Waals surface area contributed by atoms with E-state index in [9.17, 15) is 10.1 Å². The van der Waals surface area contributed by atoms with E-state index in [1.54, 1.807) is 11.8 Å². The number of ether oxygens (including phenoxy) is 1. The maximum atomic E-state index is 10.8. The second kappa shape index (κ2) is 8.00. The van der Waals surface area contributed by atoms with Crippen molar-refractivity contribution >= 4 is 23.4 Å². The molecule has 9 heteroatoms. The van der Waals surface area contributed by atoms with Crippen LogP contribution in [0.25, 0.3) is 11.3 Å². The van der Waals surface area contributed by atoms with Gasteiger partial charge in [-0.1, -0.05) is 12.1 Å². The number of furan rings is 1. The molecule has 0 saturated heterocycles. The van der Waals surface area contributed by atoms with Crippen LogP contribution >= 0.6 is 11.3 Å². The Morgan fingerprint density at radius 2 is 2.07 bits per heavy atom. The lowest BCUT2D eigenvalue weighted by molar-refractivity contribution is -0.402. The van der Waals surface area contributed by atoms with Crippen LogP contribution in [0.15, 0.2) is 56.3 Å². The molecule has 0 fully saturated rings. The van der Waals surface area contributed by atoms with E-state index in [2.05, 4.69) is 10.1 Å². The monoisotopic (exact) mass is 386 g/mol. The summed E-state index contributed by atoms with van der Waals surface area (Å²) in [5.41, 5.74) is 1.66. The first-order valence-corrected chi connectivity index (χ1v) is 9.04. The molecule has 0 radical (unpaired) electrons. The molecule has 0 atom stereocenters. The number of thiazole rings is 1. The SMILES string of the molecule is COc1ccccc1-c1csc(=NC(C)C)n1N=Cc1ccc([N+](=O)[O-])o1. The summed E-state index contributed by atoms with van der Waals surface area (Å²) in [6.45, 7) is 3.96. The summed E-state index contributed by atoms with van der Waals surface area (Å²) in [6, 6.07) is 10.5. The molecule has 0 spiro atoms. The maximum Gasteiger partial charge on any atom is 0.433 e. The summed E-state index contributed by atoms with van der Waals surface area (Å²) >= 11 is 1.45. The number of methoxy groups -OCH3 is 1. The third-order valence-electron chi connectivity index (χ3n) is 3.53. The molecule has 2 aromatic heterocycles. The molecule has 0 saturated carbocycles. The molecule has 0 N–H and O–H groups in total. The molecule has 1 aromatic carbocycles. The van der Waals surface area contributed by atoms with Crippen LogP contribution in [0.4, 0.5) is 5.88 Å². The first-order chi connectivity index (χ1) is 13.0. The molecule has 0 aliphatic carbocycles. The Balaban J connectivity index is 2.10. The molecule has 0 aliphatic rings. The highest BCUT2D eigenvalue weighted by Crippen LogP contribution is 2.30. The number of hydrogen-bond donors (Lipinski definition) is 0. The molecule has 2 heterocycles. The van der Waals surface area contributed by atoms with Gasteiger partial charge < -0.3 is 9.15 Å². The molecule has 0 unspecified atom stereocenters. The van der Waals surface area contributed by atoms with Crippen LogP contribution in [-0.4, -0.2) is 29.0 Å². The summed E-state index contributed by atoms with van der Waals surface area (Å²) in [5.74, 6) is 0.662. The number of para-hydroxylation sites is 1. The van der Waals surface area contributed by atoms with Gasteiger partial charge in [0.2, 0.25) is 4.80 Å². The number of rotatable bonds is 6. The van der Waals surface area contributed by atoms with E-state index in [0.717, 1.165) is 11.3 Å². The molecule has 8 nitrogen and oxygen atoms in total. The quantitative estimate of drug-likeness (QED) is 0.364. The Bertz CT molecular complexity index is 1050. The van der Waals surface area contributed by atoms with Crippen LogP contribution in [0.3, 0.4) is 0 Å². The topological polar surface area (TPSA) is 95.2 Å². The van der Waals surface area contributed by atoms with Gasteiger partial charge in [0, 0.05) is 17.0 Å². The van der Waals surface area contributed by atoms with Crippen LogP contribution in [0.1, 0.15) is 19.6 Å². The van der Waals surface area contributed by atoms with Crippen molar-refractivity contribution in [3.8, 4) is 17.0 Å². The zero-order chi connectivity index (χ0) is 19.4. The lowest BCUT2D eigenvalue weighted by Gasteiger charge is -2.08. The number of benzene rings is 1. The van der Waals surface area contributed by atoms with Gasteiger partial charge in [0.25, 0.3) is 0 Å². The van der Waals surface area contributed by atoms with E-state index in [4.69, 9.17) is 9.15 Å². The lowest BCUT2D eigenvalue weighted by atomic mass is 10.1. The highest BCUT2D eigenvalue weighted by atomic mass is 32.1. The predicted octanol–water partition coefficient (Wildman–Crippen LogP) is 3.92. The van der Waals surface area contributed by atoms with E-state index < -0.39 is 4.92 Å². The molecular weight excluding hydrogens is 368 g/mol. The Morgan fingerprint density at radius 3 is 2.74 bits per heavy atom. The molecule has 0 aliphatic heterocycles. The molecule has 3 rings (SSSR count). The minimum atomic E-state index is -0.588. The Kier molecular flexibility index (Phi) is 5.51. The van der Waals surface area contributed by atoms with Crippen molar-refractivity contribution in [1.29, 1.82) is 0 Å². The van der Waals surface area contributed by atoms with Gasteiger partial charge >= 0.3 is 5.88 Å². The van der Waals surface area contributed by atoms with Gasteiger partial charge in [-0.2, -0.15) is 5.10 Å². The van der Waals surface area contributed by atoms with Crippen molar-refractivity contribution < 1.29 is 14.1 Å². The number of nitro groups is 1. The van der Waals surface area contributed by atoms with Gasteiger partial charge in [-0.25, -0.2) is 4.68 Å². The highest BCUT2D eigenvalue weighted by molar-refractivity contribution is 7.07. The highest BCUT2D eigenvalue weighted by Gasteiger charge is 2.13. The Labute approximate surface area is 159 Å². The summed E-state index contributed by atoms with van der Waals surface area (Å²) in [6.07, 6.45) is 1.43. The van der Waals surface area contributed by atoms with Gasteiger partial charge in [0.15, 0.2) is 5.76 Å². The first-order valence-electron chi connectivity index (χ1n) is 8.16. The van der Waals surface area contributed by atoms with Crippen molar-refractivity contribution in [3.05, 3.63) is 62.5 Å². The average Bonchev–Trinajstić information content (AvgIpc) is 3.26. The van der Waals surface area contributed by atoms with Gasteiger partial charge in [-0.3, -0.25) is 15.1 Å². The fourth-order valence-corrected chi connectivity index (χ4v) is 3.35. The summed E-state index contributed by atoms with van der Waals surface area (Å²) < 4.78 is 12.3. The van der Waals surface area contributed by atoms with Crippen molar-refractivity contribution in [2.75, 3.05) is 7.11 Å². The van der Waals surface area contributed by atoms with Gasteiger partial charge in [-0.05, 0) is 32.0 Å². The van der Waals surface area contributed by atoms with Crippen LogP contribution in [0.5, 0.6) is 5.75 Å². The predicted molar refractivity (Wildman–Crippen MR) is 103 cm³/mol. The first kappa shape index (κ1) is 18.6. The molecule has 0 amide bonds. The summed E-state index contributed by atoms with van der Waals surface area (Å²) in [4.78, 5) is 15.5. The van der Waals surface area contributed by atoms with Crippen LogP contribution in [0.2, 0.25) is 0 Å². The lowest BCUT2D eigenvalue weighted by Crippen LogP contribution is -2.14. The fourth-order valence-electron chi connectivity index (χ4n) is 2.39. The molecule has 0 bridgehead atoms. The summed E-state index contributed by atoms with van der Waals surface area (Å²) in [7, 11) is 1.61. The zero-order valence-corrected chi connectivity index (χ0v) is 15.8. The molecule has 140 valence electrons. The van der Waals surface area contributed by atoms with Crippen molar-refractivity contribution in [2.45, 2.75) is 19.9 Å². The van der Waals surface area contributed by atoms with E-state index >= 15 is 0 Å². The fraction of sp³-hybridized carbons (Fsp3) is 0.222. The molecule has 27 heavy (non-hydrogen) atoms. The standard InChI is InChI=1S/C18H18N4O4S/c1-12(2)20-18-21(19-10-13-8-9-17(26-13)22(23)24)15(11-27-18)14-6-4-5-7-16(14)25-3/h4-12H,1-3H3. The minimum Gasteiger partial charge on any atom is -0.496 e. The largest absolute Gasteiger partial charge is 0.496 e. The molecular formula is C18H18N4O4S. The van der Waals surface area contributed by atoms with E-state index in [0.29, 0.717) is 10.6 Å². The van der Waals surface area contributed by atoms with Gasteiger partial charge in [-0.15, -0.1) is 11.3 Å². The zero-order valence-electron chi connectivity index (χ0n) is 15.0. The number of hydrogen-bond acceptors (Lipinski definition) is 7.